The van der Waals surface area contributed by atoms with Gasteiger partial charge in [-0.25, -0.2) is 4.68 Å². The maximum absolute atomic E-state index is 13.4. The number of rotatable bonds is 7. The Labute approximate surface area is 203 Å². The van der Waals surface area contributed by atoms with Crippen LogP contribution in [0, 0.1) is 6.92 Å². The predicted octanol–water partition coefficient (Wildman–Crippen LogP) is 4.48. The van der Waals surface area contributed by atoms with Crippen molar-refractivity contribution in [2.75, 3.05) is 26.6 Å². The van der Waals surface area contributed by atoms with Gasteiger partial charge in [0.15, 0.2) is 17.2 Å². The number of aryl methyl sites for hydroxylation is 1. The number of hydrogen-bond donors (Lipinski definition) is 2. The molecular formula is C27H26N4O4. The summed E-state index contributed by atoms with van der Waals surface area (Å²) in [7, 11) is 4.71. The number of carbonyl (C=O) groups excluding carboxylic acids is 2. The first-order chi connectivity index (χ1) is 16.9. The van der Waals surface area contributed by atoms with E-state index in [9.17, 15) is 9.59 Å². The van der Waals surface area contributed by atoms with Crippen molar-refractivity contribution < 1.29 is 19.1 Å². The van der Waals surface area contributed by atoms with Crippen molar-refractivity contribution in [3.63, 3.8) is 0 Å². The lowest BCUT2D eigenvalue weighted by Gasteiger charge is -2.11. The second-order valence-electron chi connectivity index (χ2n) is 7.80. The van der Waals surface area contributed by atoms with Gasteiger partial charge in [0, 0.05) is 30.1 Å². The molecule has 0 saturated carbocycles. The molecule has 0 radical (unpaired) electrons. The van der Waals surface area contributed by atoms with Crippen molar-refractivity contribution in [3.8, 4) is 28.3 Å². The Morgan fingerprint density at radius 2 is 1.63 bits per heavy atom. The number of methoxy groups -OCH3 is 2. The van der Waals surface area contributed by atoms with Gasteiger partial charge in [0.1, 0.15) is 0 Å². The van der Waals surface area contributed by atoms with Gasteiger partial charge in [-0.2, -0.15) is 5.10 Å². The summed E-state index contributed by atoms with van der Waals surface area (Å²) in [6.45, 7) is 1.83. The van der Waals surface area contributed by atoms with Crippen molar-refractivity contribution in [3.05, 3.63) is 89.7 Å². The fraction of sp³-hybridized carbons (Fsp3) is 0.148. The molecule has 178 valence electrons. The zero-order valence-corrected chi connectivity index (χ0v) is 20.0. The Morgan fingerprint density at radius 3 is 2.29 bits per heavy atom. The fourth-order valence-corrected chi connectivity index (χ4v) is 3.74. The minimum Gasteiger partial charge on any atom is -0.493 e. The number of ether oxygens (including phenoxy) is 2. The number of carbonyl (C=O) groups is 2. The number of para-hydroxylation sites is 1. The Kier molecular flexibility index (Phi) is 6.82. The molecule has 0 bridgehead atoms. The van der Waals surface area contributed by atoms with Crippen LogP contribution >= 0.6 is 0 Å². The Balaban J connectivity index is 1.75. The van der Waals surface area contributed by atoms with Crippen LogP contribution in [0.25, 0.3) is 16.8 Å². The summed E-state index contributed by atoms with van der Waals surface area (Å²) in [5, 5.41) is 10.1. The Bertz CT molecular complexity index is 1380. The lowest BCUT2D eigenvalue weighted by atomic mass is 10.0. The molecule has 3 aromatic carbocycles. The molecule has 0 saturated heterocycles. The lowest BCUT2D eigenvalue weighted by molar-refractivity contribution is 0.0962. The molecule has 0 aliphatic rings. The second-order valence-corrected chi connectivity index (χ2v) is 7.80. The number of benzene rings is 3. The van der Waals surface area contributed by atoms with Crippen LogP contribution in [-0.4, -0.2) is 42.9 Å². The third kappa shape index (κ3) is 4.86. The summed E-state index contributed by atoms with van der Waals surface area (Å²) >= 11 is 0. The molecule has 0 aliphatic carbocycles. The molecule has 2 N–H and O–H groups in total. The third-order valence-corrected chi connectivity index (χ3v) is 5.61. The molecule has 0 spiro atoms. The van der Waals surface area contributed by atoms with Crippen LogP contribution < -0.4 is 20.1 Å². The molecule has 35 heavy (non-hydrogen) atoms. The smallest absolute Gasteiger partial charge is 0.276 e. The fourth-order valence-electron chi connectivity index (χ4n) is 3.74. The van der Waals surface area contributed by atoms with Crippen LogP contribution in [0.3, 0.4) is 0 Å². The molecule has 8 nitrogen and oxygen atoms in total. The van der Waals surface area contributed by atoms with Gasteiger partial charge in [0.2, 0.25) is 0 Å². The monoisotopic (exact) mass is 470 g/mol. The predicted molar refractivity (Wildman–Crippen MR) is 135 cm³/mol. The van der Waals surface area contributed by atoms with Crippen LogP contribution in [0.4, 0.5) is 5.69 Å². The van der Waals surface area contributed by atoms with Crippen molar-refractivity contribution in [2.45, 2.75) is 6.92 Å². The van der Waals surface area contributed by atoms with Gasteiger partial charge in [-0.1, -0.05) is 24.3 Å². The quantitative estimate of drug-likeness (QED) is 0.415. The first-order valence-corrected chi connectivity index (χ1v) is 11.0. The van der Waals surface area contributed by atoms with Crippen LogP contribution in [0.15, 0.2) is 72.9 Å². The third-order valence-electron chi connectivity index (χ3n) is 5.61. The van der Waals surface area contributed by atoms with Crippen LogP contribution in [0.2, 0.25) is 0 Å². The normalized spacial score (nSPS) is 10.5. The SMILES string of the molecule is CNC(=O)c1ccc(NC(=O)c2nn(-c3ccccc3)cc2-c2ccc(OC)c(OC)c2)c(C)c1. The van der Waals surface area contributed by atoms with Gasteiger partial charge < -0.3 is 20.1 Å². The van der Waals surface area contributed by atoms with E-state index in [4.69, 9.17) is 9.47 Å². The summed E-state index contributed by atoms with van der Waals surface area (Å²) in [5.41, 5.74) is 4.32. The summed E-state index contributed by atoms with van der Waals surface area (Å²) in [4.78, 5) is 25.4. The van der Waals surface area contributed by atoms with Gasteiger partial charge >= 0.3 is 0 Å². The summed E-state index contributed by atoms with van der Waals surface area (Å²) in [5.74, 6) is 0.567. The van der Waals surface area contributed by atoms with Gasteiger partial charge in [-0.15, -0.1) is 0 Å². The highest BCUT2D eigenvalue weighted by Gasteiger charge is 2.21. The average molecular weight is 471 g/mol. The zero-order valence-electron chi connectivity index (χ0n) is 20.0. The number of anilines is 1. The Morgan fingerprint density at radius 1 is 0.886 bits per heavy atom. The van der Waals surface area contributed by atoms with Crippen molar-refractivity contribution in [1.29, 1.82) is 0 Å². The molecule has 8 heteroatoms. The lowest BCUT2D eigenvalue weighted by Crippen LogP contribution is -2.19. The number of nitrogens with one attached hydrogen (secondary N) is 2. The Hall–Kier alpha value is -4.59. The molecule has 1 aromatic heterocycles. The first-order valence-electron chi connectivity index (χ1n) is 11.0. The molecule has 2 amide bonds. The van der Waals surface area contributed by atoms with E-state index in [1.54, 1.807) is 50.2 Å². The van der Waals surface area contributed by atoms with Crippen LogP contribution in [0.1, 0.15) is 26.4 Å². The summed E-state index contributed by atoms with van der Waals surface area (Å²) in [6.07, 6.45) is 1.81. The minimum atomic E-state index is -0.375. The number of aromatic nitrogens is 2. The molecule has 0 aliphatic heterocycles. The molecule has 1 heterocycles. The van der Waals surface area contributed by atoms with Crippen molar-refractivity contribution >= 4 is 17.5 Å². The second kappa shape index (κ2) is 10.1. The van der Waals surface area contributed by atoms with Crippen LogP contribution in [0.5, 0.6) is 11.5 Å². The van der Waals surface area contributed by atoms with E-state index < -0.39 is 0 Å². The van der Waals surface area contributed by atoms with E-state index in [0.717, 1.165) is 16.8 Å². The largest absolute Gasteiger partial charge is 0.493 e. The number of nitrogens with zero attached hydrogens (tertiary/aromatic N) is 2. The standard InChI is InChI=1S/C27H26N4O4/c1-17-14-19(26(32)28-2)10-12-22(17)29-27(33)25-21(16-31(30-25)20-8-6-5-7-9-20)18-11-13-23(34-3)24(15-18)35-4/h5-16H,1-4H3,(H,28,32)(H,29,33). The van der Waals surface area contributed by atoms with Crippen LogP contribution in [-0.2, 0) is 0 Å². The zero-order chi connectivity index (χ0) is 24.9. The van der Waals surface area contributed by atoms with Crippen molar-refractivity contribution in [2.24, 2.45) is 0 Å². The maximum Gasteiger partial charge on any atom is 0.276 e. The minimum absolute atomic E-state index is 0.191. The van der Waals surface area contributed by atoms with E-state index in [0.29, 0.717) is 28.3 Å². The highest BCUT2D eigenvalue weighted by atomic mass is 16.5. The molecular weight excluding hydrogens is 444 g/mol. The molecule has 4 rings (SSSR count). The summed E-state index contributed by atoms with van der Waals surface area (Å²) in [6, 6.07) is 20.1. The molecule has 0 fully saturated rings. The highest BCUT2D eigenvalue weighted by molar-refractivity contribution is 6.08. The van der Waals surface area contributed by atoms with Gasteiger partial charge in [-0.3, -0.25) is 9.59 Å². The van der Waals surface area contributed by atoms with E-state index in [-0.39, 0.29) is 17.5 Å². The van der Waals surface area contributed by atoms with Gasteiger partial charge in [0.25, 0.3) is 11.8 Å². The summed E-state index contributed by atoms with van der Waals surface area (Å²) < 4.78 is 12.5. The topological polar surface area (TPSA) is 94.5 Å². The first kappa shape index (κ1) is 23.6. The number of amides is 2. The number of hydrogen-bond acceptors (Lipinski definition) is 5. The molecule has 0 atom stereocenters. The molecule has 4 aromatic rings. The maximum atomic E-state index is 13.4. The average Bonchev–Trinajstić information content (AvgIpc) is 3.35. The van der Waals surface area contributed by atoms with E-state index in [2.05, 4.69) is 15.7 Å². The van der Waals surface area contributed by atoms with Gasteiger partial charge in [0.05, 0.1) is 19.9 Å². The highest BCUT2D eigenvalue weighted by Crippen LogP contribution is 2.34. The van der Waals surface area contributed by atoms with Gasteiger partial charge in [-0.05, 0) is 60.5 Å². The van der Waals surface area contributed by atoms with E-state index >= 15 is 0 Å². The van der Waals surface area contributed by atoms with E-state index in [1.807, 2.05) is 55.6 Å². The van der Waals surface area contributed by atoms with Crippen molar-refractivity contribution in [1.82, 2.24) is 15.1 Å². The molecule has 0 unspecified atom stereocenters. The van der Waals surface area contributed by atoms with E-state index in [1.165, 1.54) is 0 Å².